The average molecular weight is 298 g/mol. The molecule has 0 unspecified atom stereocenters. The first-order valence-electron chi connectivity index (χ1n) is 7.30. The highest BCUT2D eigenvalue weighted by atomic mass is 32.1. The van der Waals surface area contributed by atoms with Crippen molar-refractivity contribution in [2.75, 3.05) is 5.32 Å². The first-order valence-corrected chi connectivity index (χ1v) is 7.70. The van der Waals surface area contributed by atoms with Gasteiger partial charge in [-0.2, -0.15) is 0 Å². The Labute approximate surface area is 132 Å². The third-order valence-corrected chi connectivity index (χ3v) is 3.78. The van der Waals surface area contributed by atoms with E-state index in [1.54, 1.807) is 0 Å². The van der Waals surface area contributed by atoms with E-state index >= 15 is 0 Å². The van der Waals surface area contributed by atoms with E-state index < -0.39 is 0 Å². The first kappa shape index (κ1) is 15.5. The van der Waals surface area contributed by atoms with E-state index in [1.165, 1.54) is 16.7 Å². The number of aryl methyl sites for hydroxylation is 2. The zero-order chi connectivity index (χ0) is 15.2. The molecule has 0 amide bonds. The van der Waals surface area contributed by atoms with Crippen LogP contribution in [0.4, 0.5) is 5.69 Å². The van der Waals surface area contributed by atoms with Crippen molar-refractivity contribution in [1.29, 1.82) is 0 Å². The van der Waals surface area contributed by atoms with Crippen molar-refractivity contribution in [1.82, 2.24) is 5.32 Å². The van der Waals surface area contributed by atoms with E-state index in [1.807, 2.05) is 6.07 Å². The monoisotopic (exact) mass is 298 g/mol. The molecule has 0 aromatic heterocycles. The molecule has 0 saturated carbocycles. The van der Waals surface area contributed by atoms with Gasteiger partial charge in [0.15, 0.2) is 5.11 Å². The predicted octanol–water partition coefficient (Wildman–Crippen LogP) is 4.74. The summed E-state index contributed by atoms with van der Waals surface area (Å²) in [6.45, 7) is 6.32. The van der Waals surface area contributed by atoms with E-state index in [0.717, 1.165) is 12.1 Å². The van der Waals surface area contributed by atoms with Gasteiger partial charge in [0.2, 0.25) is 0 Å². The lowest BCUT2D eigenvalue weighted by Gasteiger charge is -2.20. The maximum Gasteiger partial charge on any atom is 0.171 e. The summed E-state index contributed by atoms with van der Waals surface area (Å²) in [5.74, 6) is 0. The Kier molecular flexibility index (Phi) is 5.34. The second-order valence-corrected chi connectivity index (χ2v) is 5.70. The summed E-state index contributed by atoms with van der Waals surface area (Å²) in [4.78, 5) is 0. The van der Waals surface area contributed by atoms with Crippen molar-refractivity contribution >= 4 is 23.0 Å². The SMILES string of the molecule is CC[C@@H](NC(=S)Nc1cc(C)ccc1C)c1ccccc1. The Morgan fingerprint density at radius 1 is 1.10 bits per heavy atom. The second-order valence-electron chi connectivity index (χ2n) is 5.29. The molecule has 2 aromatic carbocycles. The van der Waals surface area contributed by atoms with Gasteiger partial charge in [0.05, 0.1) is 6.04 Å². The highest BCUT2D eigenvalue weighted by Gasteiger charge is 2.10. The van der Waals surface area contributed by atoms with Gasteiger partial charge in [-0.1, -0.05) is 49.4 Å². The Hall–Kier alpha value is -1.87. The number of anilines is 1. The molecule has 0 spiro atoms. The zero-order valence-corrected chi connectivity index (χ0v) is 13.6. The number of nitrogens with one attached hydrogen (secondary N) is 2. The molecule has 0 heterocycles. The van der Waals surface area contributed by atoms with Crippen LogP contribution in [-0.4, -0.2) is 5.11 Å². The van der Waals surface area contributed by atoms with Crippen molar-refractivity contribution in [2.24, 2.45) is 0 Å². The molecule has 2 aromatic rings. The van der Waals surface area contributed by atoms with E-state index in [9.17, 15) is 0 Å². The van der Waals surface area contributed by atoms with Crippen LogP contribution in [0.5, 0.6) is 0 Å². The van der Waals surface area contributed by atoms with Crippen LogP contribution >= 0.6 is 12.2 Å². The fourth-order valence-corrected chi connectivity index (χ4v) is 2.55. The highest BCUT2D eigenvalue weighted by Crippen LogP contribution is 2.18. The molecular weight excluding hydrogens is 276 g/mol. The smallest absolute Gasteiger partial charge is 0.171 e. The molecule has 110 valence electrons. The van der Waals surface area contributed by atoms with Gasteiger partial charge in [-0.3, -0.25) is 0 Å². The quantitative estimate of drug-likeness (QED) is 0.797. The molecule has 2 nitrogen and oxygen atoms in total. The molecule has 0 radical (unpaired) electrons. The lowest BCUT2D eigenvalue weighted by atomic mass is 10.1. The van der Waals surface area contributed by atoms with Crippen LogP contribution in [0.2, 0.25) is 0 Å². The maximum absolute atomic E-state index is 5.46. The third kappa shape index (κ3) is 4.30. The normalized spacial score (nSPS) is 11.8. The summed E-state index contributed by atoms with van der Waals surface area (Å²) in [5, 5.41) is 7.37. The number of hydrogen-bond donors (Lipinski definition) is 2. The molecule has 0 bridgehead atoms. The van der Waals surface area contributed by atoms with Crippen molar-refractivity contribution in [3.63, 3.8) is 0 Å². The van der Waals surface area contributed by atoms with Crippen molar-refractivity contribution in [3.8, 4) is 0 Å². The van der Waals surface area contributed by atoms with Gasteiger partial charge in [-0.25, -0.2) is 0 Å². The largest absolute Gasteiger partial charge is 0.356 e. The molecule has 2 rings (SSSR count). The van der Waals surface area contributed by atoms with Crippen molar-refractivity contribution < 1.29 is 0 Å². The highest BCUT2D eigenvalue weighted by molar-refractivity contribution is 7.80. The van der Waals surface area contributed by atoms with Crippen LogP contribution in [0.25, 0.3) is 0 Å². The van der Waals surface area contributed by atoms with Crippen molar-refractivity contribution in [2.45, 2.75) is 33.2 Å². The summed E-state index contributed by atoms with van der Waals surface area (Å²) in [6.07, 6.45) is 0.985. The summed E-state index contributed by atoms with van der Waals surface area (Å²) in [6, 6.07) is 17.0. The lowest BCUT2D eigenvalue weighted by Crippen LogP contribution is -2.32. The fourth-order valence-electron chi connectivity index (χ4n) is 2.29. The van der Waals surface area contributed by atoms with Gasteiger partial charge in [0.1, 0.15) is 0 Å². The Balaban J connectivity index is 2.05. The maximum atomic E-state index is 5.46. The van der Waals surface area contributed by atoms with Crippen LogP contribution in [0.3, 0.4) is 0 Å². The van der Waals surface area contributed by atoms with Crippen LogP contribution in [0.15, 0.2) is 48.5 Å². The van der Waals surface area contributed by atoms with Gasteiger partial charge < -0.3 is 10.6 Å². The second kappa shape index (κ2) is 7.23. The minimum Gasteiger partial charge on any atom is -0.356 e. The molecule has 0 aliphatic rings. The average Bonchev–Trinajstić information content (AvgIpc) is 2.49. The fraction of sp³-hybridized carbons (Fsp3) is 0.278. The summed E-state index contributed by atoms with van der Waals surface area (Å²) in [7, 11) is 0. The van der Waals surface area contributed by atoms with Gasteiger partial charge in [0.25, 0.3) is 0 Å². The molecule has 1 atom stereocenters. The van der Waals surface area contributed by atoms with Crippen LogP contribution < -0.4 is 10.6 Å². The zero-order valence-electron chi connectivity index (χ0n) is 12.8. The molecule has 21 heavy (non-hydrogen) atoms. The van der Waals surface area contributed by atoms with E-state index in [0.29, 0.717) is 5.11 Å². The molecule has 0 aliphatic carbocycles. The van der Waals surface area contributed by atoms with E-state index in [2.05, 4.69) is 73.9 Å². The number of benzene rings is 2. The van der Waals surface area contributed by atoms with Crippen LogP contribution in [0.1, 0.15) is 36.1 Å². The van der Waals surface area contributed by atoms with Gasteiger partial charge in [0, 0.05) is 5.69 Å². The third-order valence-electron chi connectivity index (χ3n) is 3.56. The summed E-state index contributed by atoms with van der Waals surface area (Å²) in [5.41, 5.74) is 4.74. The summed E-state index contributed by atoms with van der Waals surface area (Å²) < 4.78 is 0. The van der Waals surface area contributed by atoms with E-state index in [-0.39, 0.29) is 6.04 Å². The predicted molar refractivity (Wildman–Crippen MR) is 94.7 cm³/mol. The van der Waals surface area contributed by atoms with E-state index in [4.69, 9.17) is 12.2 Å². The first-order chi connectivity index (χ1) is 10.1. The van der Waals surface area contributed by atoms with Crippen LogP contribution in [-0.2, 0) is 0 Å². The lowest BCUT2D eigenvalue weighted by molar-refractivity contribution is 0.629. The Morgan fingerprint density at radius 3 is 2.48 bits per heavy atom. The number of hydrogen-bond acceptors (Lipinski definition) is 1. The standard InChI is InChI=1S/C18H22N2S/c1-4-16(15-8-6-5-7-9-15)19-18(21)20-17-12-13(2)10-11-14(17)3/h5-12,16H,4H2,1-3H3,(H2,19,20,21)/t16-/m1/s1. The molecule has 2 N–H and O–H groups in total. The van der Waals surface area contributed by atoms with Gasteiger partial charge >= 0.3 is 0 Å². The number of rotatable bonds is 4. The minimum absolute atomic E-state index is 0.233. The van der Waals surface area contributed by atoms with Crippen LogP contribution in [0, 0.1) is 13.8 Å². The minimum atomic E-state index is 0.233. The topological polar surface area (TPSA) is 24.1 Å². The molecule has 0 fully saturated rings. The van der Waals surface area contributed by atoms with Gasteiger partial charge in [-0.05, 0) is 55.2 Å². The number of thiocarbonyl (C=S) groups is 1. The van der Waals surface area contributed by atoms with Gasteiger partial charge in [-0.15, -0.1) is 0 Å². The summed E-state index contributed by atoms with van der Waals surface area (Å²) >= 11 is 5.46. The molecule has 0 saturated heterocycles. The Bertz CT molecular complexity index is 608. The molecular formula is C18H22N2S. The Morgan fingerprint density at radius 2 is 1.81 bits per heavy atom. The molecule has 0 aliphatic heterocycles. The molecule has 3 heteroatoms. The van der Waals surface area contributed by atoms with Crippen molar-refractivity contribution in [3.05, 3.63) is 65.2 Å².